The van der Waals surface area contributed by atoms with Crippen LogP contribution in [-0.4, -0.2) is 46.3 Å². The van der Waals surface area contributed by atoms with E-state index in [1.807, 2.05) is 6.92 Å². The molecule has 112 valence electrons. The number of nitrogens with zero attached hydrogens (tertiary/aromatic N) is 3. The number of alkyl halides is 2. The highest BCUT2D eigenvalue weighted by Gasteiger charge is 2.25. The van der Waals surface area contributed by atoms with Crippen LogP contribution in [0.3, 0.4) is 0 Å². The molecule has 1 aromatic rings. The molecule has 0 bridgehead atoms. The minimum absolute atomic E-state index is 0.0287. The van der Waals surface area contributed by atoms with Crippen LogP contribution in [0.2, 0.25) is 0 Å². The minimum atomic E-state index is -2.67. The number of aryl methyl sites for hydroxylation is 1. The number of nitrogens with one attached hydrogen (secondary N) is 1. The van der Waals surface area contributed by atoms with Gasteiger partial charge in [0.05, 0.1) is 12.1 Å². The van der Waals surface area contributed by atoms with Crippen LogP contribution in [0, 0.1) is 13.8 Å². The zero-order valence-electron chi connectivity index (χ0n) is 12.0. The first-order valence-corrected chi connectivity index (χ1v) is 6.74. The van der Waals surface area contributed by atoms with Crippen LogP contribution < -0.4 is 5.32 Å². The average Bonchev–Trinajstić information content (AvgIpc) is 2.67. The van der Waals surface area contributed by atoms with E-state index in [0.29, 0.717) is 28.2 Å². The Labute approximate surface area is 116 Å². The molecule has 1 aliphatic heterocycles. The Morgan fingerprint density at radius 3 is 2.75 bits per heavy atom. The maximum Gasteiger partial charge on any atom is 0.333 e. The summed E-state index contributed by atoms with van der Waals surface area (Å²) in [6.07, 6.45) is 0.134. The summed E-state index contributed by atoms with van der Waals surface area (Å²) in [5.74, 6) is -0.0287. The first-order chi connectivity index (χ1) is 9.41. The molecule has 0 spiro atoms. The number of hydrogen-bond acceptors (Lipinski definition) is 3. The Bertz CT molecular complexity index is 501. The molecule has 20 heavy (non-hydrogen) atoms. The van der Waals surface area contributed by atoms with Crippen molar-refractivity contribution in [2.24, 2.45) is 0 Å². The van der Waals surface area contributed by atoms with E-state index in [4.69, 9.17) is 0 Å². The van der Waals surface area contributed by atoms with Gasteiger partial charge in [0.15, 0.2) is 0 Å². The molecular weight excluding hydrogens is 266 g/mol. The SMILES string of the molecule is Cc1nn(C(F)F)c(C)c1CC(=O)N1CCNCC1C. The van der Waals surface area contributed by atoms with Gasteiger partial charge >= 0.3 is 6.55 Å². The van der Waals surface area contributed by atoms with Crippen molar-refractivity contribution in [1.82, 2.24) is 20.0 Å². The molecule has 1 N–H and O–H groups in total. The van der Waals surface area contributed by atoms with Crippen LogP contribution in [-0.2, 0) is 11.2 Å². The molecular formula is C13H20F2N4O. The number of halogens is 2. The normalized spacial score (nSPS) is 19.7. The second-order valence-corrected chi connectivity index (χ2v) is 5.19. The lowest BCUT2D eigenvalue weighted by atomic mass is 10.1. The van der Waals surface area contributed by atoms with Crippen molar-refractivity contribution in [3.05, 3.63) is 17.0 Å². The molecule has 0 radical (unpaired) electrons. The molecule has 0 aliphatic carbocycles. The molecule has 1 amide bonds. The quantitative estimate of drug-likeness (QED) is 0.910. The van der Waals surface area contributed by atoms with Gasteiger partial charge < -0.3 is 10.2 Å². The summed E-state index contributed by atoms with van der Waals surface area (Å²) in [5, 5.41) is 7.03. The van der Waals surface area contributed by atoms with Gasteiger partial charge in [0, 0.05) is 36.9 Å². The molecule has 2 rings (SSSR count). The molecule has 5 nitrogen and oxygen atoms in total. The zero-order chi connectivity index (χ0) is 14.9. The Kier molecular flexibility index (Phi) is 4.37. The largest absolute Gasteiger partial charge is 0.337 e. The fourth-order valence-corrected chi connectivity index (χ4v) is 2.61. The summed E-state index contributed by atoms with van der Waals surface area (Å²) in [4.78, 5) is 14.1. The van der Waals surface area contributed by atoms with Gasteiger partial charge in [-0.05, 0) is 20.8 Å². The molecule has 1 aromatic heterocycles. The lowest BCUT2D eigenvalue weighted by molar-refractivity contribution is -0.133. The number of piperazine rings is 1. The predicted octanol–water partition coefficient (Wildman–Crippen LogP) is 1.26. The van der Waals surface area contributed by atoms with Crippen molar-refractivity contribution in [2.75, 3.05) is 19.6 Å². The molecule has 2 heterocycles. The summed E-state index contributed by atoms with van der Waals surface area (Å²) in [5.41, 5.74) is 1.48. The second-order valence-electron chi connectivity index (χ2n) is 5.19. The van der Waals surface area contributed by atoms with Crippen LogP contribution in [0.1, 0.15) is 30.4 Å². The topological polar surface area (TPSA) is 50.2 Å². The standard InChI is InChI=1S/C13H20F2N4O/c1-8-7-16-4-5-18(8)12(20)6-11-9(2)17-19(10(11)3)13(14)15/h8,13,16H,4-7H2,1-3H3. The molecule has 1 saturated heterocycles. The molecule has 0 saturated carbocycles. The highest BCUT2D eigenvalue weighted by molar-refractivity contribution is 5.79. The first-order valence-electron chi connectivity index (χ1n) is 6.74. The maximum absolute atomic E-state index is 12.8. The van der Waals surface area contributed by atoms with Crippen LogP contribution in [0.4, 0.5) is 8.78 Å². The summed E-state index contributed by atoms with van der Waals surface area (Å²) < 4.78 is 26.2. The minimum Gasteiger partial charge on any atom is -0.337 e. The monoisotopic (exact) mass is 286 g/mol. The summed E-state index contributed by atoms with van der Waals surface area (Å²) in [6.45, 7) is 4.74. The Morgan fingerprint density at radius 2 is 2.20 bits per heavy atom. The molecule has 7 heteroatoms. The van der Waals surface area contributed by atoms with E-state index in [2.05, 4.69) is 10.4 Å². The third-order valence-corrected chi connectivity index (χ3v) is 3.81. The average molecular weight is 286 g/mol. The first kappa shape index (κ1) is 14.9. The smallest absolute Gasteiger partial charge is 0.333 e. The van der Waals surface area contributed by atoms with E-state index in [1.54, 1.807) is 18.7 Å². The van der Waals surface area contributed by atoms with Gasteiger partial charge in [-0.3, -0.25) is 4.79 Å². The molecule has 1 unspecified atom stereocenters. The van der Waals surface area contributed by atoms with Crippen molar-refractivity contribution in [1.29, 1.82) is 0 Å². The Hall–Kier alpha value is -1.50. The highest BCUT2D eigenvalue weighted by Crippen LogP contribution is 2.20. The van der Waals surface area contributed by atoms with E-state index in [9.17, 15) is 13.6 Å². The lowest BCUT2D eigenvalue weighted by Crippen LogP contribution is -2.52. The van der Waals surface area contributed by atoms with Crippen LogP contribution >= 0.6 is 0 Å². The van der Waals surface area contributed by atoms with E-state index >= 15 is 0 Å². The maximum atomic E-state index is 12.8. The van der Waals surface area contributed by atoms with Gasteiger partial charge in [0.25, 0.3) is 0 Å². The highest BCUT2D eigenvalue weighted by atomic mass is 19.3. The van der Waals surface area contributed by atoms with Crippen molar-refractivity contribution >= 4 is 5.91 Å². The van der Waals surface area contributed by atoms with E-state index in [1.165, 1.54) is 0 Å². The number of hydrogen-bond donors (Lipinski definition) is 1. The number of carbonyl (C=O) groups excluding carboxylic acids is 1. The second kappa shape index (κ2) is 5.87. The van der Waals surface area contributed by atoms with Crippen molar-refractivity contribution < 1.29 is 13.6 Å². The van der Waals surface area contributed by atoms with Gasteiger partial charge in [-0.25, -0.2) is 4.68 Å². The van der Waals surface area contributed by atoms with E-state index in [-0.39, 0.29) is 18.4 Å². The molecule has 0 aromatic carbocycles. The third-order valence-electron chi connectivity index (χ3n) is 3.81. The van der Waals surface area contributed by atoms with Gasteiger partial charge in [-0.1, -0.05) is 0 Å². The van der Waals surface area contributed by atoms with Crippen molar-refractivity contribution in [3.63, 3.8) is 0 Å². The lowest BCUT2D eigenvalue weighted by Gasteiger charge is -2.34. The van der Waals surface area contributed by atoms with E-state index in [0.717, 1.165) is 13.1 Å². The Morgan fingerprint density at radius 1 is 1.50 bits per heavy atom. The van der Waals surface area contributed by atoms with Gasteiger partial charge in [0.1, 0.15) is 0 Å². The molecule has 1 aliphatic rings. The van der Waals surface area contributed by atoms with Gasteiger partial charge in [-0.15, -0.1) is 0 Å². The van der Waals surface area contributed by atoms with Crippen molar-refractivity contribution in [3.8, 4) is 0 Å². The fraction of sp³-hybridized carbons (Fsp3) is 0.692. The number of aromatic nitrogens is 2. The fourth-order valence-electron chi connectivity index (χ4n) is 2.61. The number of rotatable bonds is 3. The molecule has 1 atom stereocenters. The summed E-state index contributed by atoms with van der Waals surface area (Å²) >= 11 is 0. The molecule has 1 fully saturated rings. The van der Waals surface area contributed by atoms with Gasteiger partial charge in [-0.2, -0.15) is 13.9 Å². The van der Waals surface area contributed by atoms with Crippen LogP contribution in [0.25, 0.3) is 0 Å². The third kappa shape index (κ3) is 2.82. The van der Waals surface area contributed by atoms with E-state index < -0.39 is 6.55 Å². The Balaban J connectivity index is 2.15. The number of amides is 1. The van der Waals surface area contributed by atoms with Crippen LogP contribution in [0.5, 0.6) is 0 Å². The van der Waals surface area contributed by atoms with Crippen LogP contribution in [0.15, 0.2) is 0 Å². The summed E-state index contributed by atoms with van der Waals surface area (Å²) in [6, 6.07) is 0.127. The van der Waals surface area contributed by atoms with Gasteiger partial charge in [0.2, 0.25) is 5.91 Å². The zero-order valence-corrected chi connectivity index (χ0v) is 12.0. The number of carbonyl (C=O) groups is 1. The van der Waals surface area contributed by atoms with Crippen molar-refractivity contribution in [2.45, 2.75) is 39.8 Å². The summed E-state index contributed by atoms with van der Waals surface area (Å²) in [7, 11) is 0. The predicted molar refractivity (Wildman–Crippen MR) is 70.7 cm³/mol.